The molecule has 1 saturated heterocycles. The Bertz CT molecular complexity index is 874. The van der Waals surface area contributed by atoms with Gasteiger partial charge in [0.15, 0.2) is 5.96 Å². The first-order valence-electron chi connectivity index (χ1n) is 10.6. The van der Waals surface area contributed by atoms with Crippen molar-refractivity contribution >= 4 is 11.9 Å². The number of likely N-dealkylation sites (tertiary alicyclic amines) is 1. The number of carbonyl (C=O) groups is 1. The molecule has 2 aromatic rings. The molecule has 1 aromatic carbocycles. The number of carbonyl (C=O) groups excluding carboxylic acids is 1. The Morgan fingerprint density at radius 3 is 2.80 bits per heavy atom. The van der Waals surface area contributed by atoms with E-state index in [4.69, 9.17) is 5.73 Å². The van der Waals surface area contributed by atoms with Crippen molar-refractivity contribution in [3.8, 4) is 0 Å². The number of rotatable bonds is 7. The Balaban J connectivity index is 1.55. The molecule has 1 amide bonds. The molecule has 1 aliphatic rings. The van der Waals surface area contributed by atoms with E-state index in [9.17, 15) is 4.79 Å². The number of nitrogens with zero attached hydrogens (tertiary/aromatic N) is 4. The number of nitrogens with two attached hydrogens (primary N) is 1. The highest BCUT2D eigenvalue weighted by Crippen LogP contribution is 2.18. The number of nitrogens with one attached hydrogen (secondary N) is 1. The fraction of sp³-hybridized carbons (Fsp3) is 0.478. The topological polar surface area (TPSA) is 78.9 Å². The summed E-state index contributed by atoms with van der Waals surface area (Å²) >= 11 is 0. The summed E-state index contributed by atoms with van der Waals surface area (Å²) in [4.78, 5) is 20.4. The Hall–Kier alpha value is -2.80. The lowest BCUT2D eigenvalue weighted by molar-refractivity contribution is -0.123. The number of aliphatic imine (C=N–C) groups is 1. The van der Waals surface area contributed by atoms with Crippen LogP contribution in [0.1, 0.15) is 29.7 Å². The van der Waals surface area contributed by atoms with E-state index in [-0.39, 0.29) is 11.8 Å². The number of hydrogen-bond acceptors (Lipinski definition) is 3. The molecule has 1 unspecified atom stereocenters. The fourth-order valence-corrected chi connectivity index (χ4v) is 4.07. The second kappa shape index (κ2) is 10.3. The molecule has 1 atom stereocenters. The molecular weight excluding hydrogens is 376 g/mol. The summed E-state index contributed by atoms with van der Waals surface area (Å²) in [5.41, 5.74) is 9.22. The van der Waals surface area contributed by atoms with Crippen molar-refractivity contribution in [3.63, 3.8) is 0 Å². The number of benzene rings is 1. The lowest BCUT2D eigenvalue weighted by Crippen LogP contribution is -2.40. The number of primary amides is 1. The number of hydrogen-bond donors (Lipinski definition) is 2. The molecule has 0 spiro atoms. The number of guanidine groups is 1. The third-order valence-electron chi connectivity index (χ3n) is 5.78. The van der Waals surface area contributed by atoms with E-state index in [1.54, 1.807) is 0 Å². The van der Waals surface area contributed by atoms with Gasteiger partial charge in [0.2, 0.25) is 5.91 Å². The van der Waals surface area contributed by atoms with Gasteiger partial charge < -0.3 is 20.5 Å². The van der Waals surface area contributed by atoms with Gasteiger partial charge in [-0.1, -0.05) is 24.3 Å². The molecule has 7 heteroatoms. The van der Waals surface area contributed by atoms with Crippen LogP contribution in [0.3, 0.4) is 0 Å². The third-order valence-corrected chi connectivity index (χ3v) is 5.78. The van der Waals surface area contributed by atoms with Gasteiger partial charge in [0.25, 0.3) is 0 Å². The largest absolute Gasteiger partial charge is 0.369 e. The van der Waals surface area contributed by atoms with E-state index in [0.717, 1.165) is 45.0 Å². The first-order valence-corrected chi connectivity index (χ1v) is 10.6. The zero-order chi connectivity index (χ0) is 21.5. The summed E-state index contributed by atoms with van der Waals surface area (Å²) in [6.07, 6.45) is 3.99. The van der Waals surface area contributed by atoms with Crippen molar-refractivity contribution in [3.05, 3.63) is 59.4 Å². The van der Waals surface area contributed by atoms with Crippen molar-refractivity contribution in [2.24, 2.45) is 23.7 Å². The highest BCUT2D eigenvalue weighted by molar-refractivity contribution is 5.79. The lowest BCUT2D eigenvalue weighted by Gasteiger charge is -2.31. The number of aromatic nitrogens is 1. The zero-order valence-corrected chi connectivity index (χ0v) is 18.3. The maximum atomic E-state index is 11.5. The van der Waals surface area contributed by atoms with Gasteiger partial charge in [0.1, 0.15) is 0 Å². The monoisotopic (exact) mass is 410 g/mol. The van der Waals surface area contributed by atoms with Crippen LogP contribution in [0.25, 0.3) is 0 Å². The molecule has 0 radical (unpaired) electrons. The molecule has 0 bridgehead atoms. The van der Waals surface area contributed by atoms with Gasteiger partial charge in [-0.2, -0.15) is 0 Å². The van der Waals surface area contributed by atoms with Gasteiger partial charge in [-0.15, -0.1) is 0 Å². The summed E-state index contributed by atoms with van der Waals surface area (Å²) < 4.78 is 2.12. The van der Waals surface area contributed by atoms with Crippen molar-refractivity contribution in [2.75, 3.05) is 27.2 Å². The maximum absolute atomic E-state index is 11.5. The minimum Gasteiger partial charge on any atom is -0.369 e. The van der Waals surface area contributed by atoms with Gasteiger partial charge in [0.05, 0.1) is 12.5 Å². The highest BCUT2D eigenvalue weighted by atomic mass is 16.1. The van der Waals surface area contributed by atoms with Crippen LogP contribution in [0.4, 0.5) is 0 Å². The van der Waals surface area contributed by atoms with Gasteiger partial charge in [-0.25, -0.2) is 0 Å². The summed E-state index contributed by atoms with van der Waals surface area (Å²) in [5.74, 6) is 0.664. The summed E-state index contributed by atoms with van der Waals surface area (Å²) in [6, 6.07) is 12.8. The van der Waals surface area contributed by atoms with Crippen molar-refractivity contribution in [1.29, 1.82) is 0 Å². The molecule has 7 nitrogen and oxygen atoms in total. The fourth-order valence-electron chi connectivity index (χ4n) is 4.07. The normalized spacial score (nSPS) is 17.7. The Morgan fingerprint density at radius 1 is 1.30 bits per heavy atom. The van der Waals surface area contributed by atoms with Crippen LogP contribution < -0.4 is 11.1 Å². The number of aryl methyl sites for hydroxylation is 1. The minimum absolute atomic E-state index is 0.0216. The zero-order valence-electron chi connectivity index (χ0n) is 18.3. The average molecular weight is 411 g/mol. The first-order chi connectivity index (χ1) is 14.5. The van der Waals surface area contributed by atoms with E-state index in [2.05, 4.69) is 74.3 Å². The molecule has 3 N–H and O–H groups in total. The Kier molecular flexibility index (Phi) is 7.52. The molecule has 1 fully saturated rings. The second-order valence-corrected chi connectivity index (χ2v) is 8.16. The standard InChI is InChI=1S/C23H34N6O/c1-25-23(28(3)17-21-10-6-11-27(21)2)26-14-18-7-4-8-19(13-18)15-29-12-5-9-20(16-29)22(24)30/h4,6-8,10-11,13,20H,5,9,12,14-17H2,1-3H3,(H2,24,30)(H,25,26). The maximum Gasteiger partial charge on any atom is 0.221 e. The van der Waals surface area contributed by atoms with Crippen LogP contribution in [0, 0.1) is 5.92 Å². The van der Waals surface area contributed by atoms with Crippen molar-refractivity contribution in [2.45, 2.75) is 32.5 Å². The molecule has 2 heterocycles. The van der Waals surface area contributed by atoms with Gasteiger partial charge in [-0.05, 0) is 42.6 Å². The van der Waals surface area contributed by atoms with Crippen LogP contribution in [-0.4, -0.2) is 53.4 Å². The summed E-state index contributed by atoms with van der Waals surface area (Å²) in [5, 5.41) is 3.46. The first kappa shape index (κ1) is 21.9. The van der Waals surface area contributed by atoms with Crippen LogP contribution >= 0.6 is 0 Å². The lowest BCUT2D eigenvalue weighted by atomic mass is 9.97. The number of amides is 1. The van der Waals surface area contributed by atoms with Crippen molar-refractivity contribution in [1.82, 2.24) is 19.7 Å². The van der Waals surface area contributed by atoms with E-state index in [1.807, 2.05) is 14.1 Å². The smallest absolute Gasteiger partial charge is 0.221 e. The molecule has 0 aliphatic carbocycles. The minimum atomic E-state index is -0.177. The summed E-state index contributed by atoms with van der Waals surface area (Å²) in [7, 11) is 5.91. The van der Waals surface area contributed by atoms with Crippen LogP contribution in [0.5, 0.6) is 0 Å². The average Bonchev–Trinajstić information content (AvgIpc) is 3.13. The van der Waals surface area contributed by atoms with E-state index in [0.29, 0.717) is 6.54 Å². The molecule has 1 aliphatic heterocycles. The highest BCUT2D eigenvalue weighted by Gasteiger charge is 2.23. The Labute approximate surface area is 179 Å². The number of piperidine rings is 1. The van der Waals surface area contributed by atoms with E-state index >= 15 is 0 Å². The second-order valence-electron chi connectivity index (χ2n) is 8.16. The van der Waals surface area contributed by atoms with E-state index < -0.39 is 0 Å². The molecule has 1 aromatic heterocycles. The van der Waals surface area contributed by atoms with Gasteiger partial charge >= 0.3 is 0 Å². The molecule has 0 saturated carbocycles. The predicted molar refractivity (Wildman–Crippen MR) is 121 cm³/mol. The SMILES string of the molecule is CN=C(NCc1cccc(CN2CCCC(C(N)=O)C2)c1)N(C)Cc1cccn1C. The van der Waals surface area contributed by atoms with Gasteiger partial charge in [-0.3, -0.25) is 14.7 Å². The quantitative estimate of drug-likeness (QED) is 0.540. The summed E-state index contributed by atoms with van der Waals surface area (Å²) in [6.45, 7) is 4.12. The van der Waals surface area contributed by atoms with Crippen LogP contribution in [-0.2, 0) is 31.5 Å². The van der Waals surface area contributed by atoms with E-state index in [1.165, 1.54) is 16.8 Å². The molecule has 3 rings (SSSR count). The third kappa shape index (κ3) is 5.86. The van der Waals surface area contributed by atoms with Crippen molar-refractivity contribution < 1.29 is 4.79 Å². The van der Waals surface area contributed by atoms with Crippen LogP contribution in [0.2, 0.25) is 0 Å². The molecular formula is C23H34N6O. The van der Waals surface area contributed by atoms with Crippen LogP contribution in [0.15, 0.2) is 47.6 Å². The Morgan fingerprint density at radius 2 is 2.10 bits per heavy atom. The molecule has 30 heavy (non-hydrogen) atoms. The predicted octanol–water partition coefficient (Wildman–Crippen LogP) is 1.93. The van der Waals surface area contributed by atoms with Gasteiger partial charge in [0, 0.05) is 52.7 Å². The molecule has 162 valence electrons.